The van der Waals surface area contributed by atoms with Gasteiger partial charge in [-0.3, -0.25) is 4.79 Å². The second-order valence-corrected chi connectivity index (χ2v) is 3.58. The molecule has 3 N–H and O–H groups in total. The van der Waals surface area contributed by atoms with Gasteiger partial charge in [0.25, 0.3) is 0 Å². The van der Waals surface area contributed by atoms with Crippen molar-refractivity contribution in [1.29, 1.82) is 0 Å². The first kappa shape index (κ1) is 9.85. The Morgan fingerprint density at radius 1 is 1.43 bits per heavy atom. The van der Waals surface area contributed by atoms with Crippen LogP contribution in [-0.2, 0) is 14.3 Å². The van der Waals surface area contributed by atoms with E-state index in [0.717, 1.165) is 0 Å². The monoisotopic (exact) mass is 203 g/mol. The second-order valence-electron chi connectivity index (χ2n) is 3.58. The lowest BCUT2D eigenvalue weighted by molar-refractivity contribution is -0.186. The summed E-state index contributed by atoms with van der Waals surface area (Å²) in [5, 5.41) is 21.7. The standard InChI is InChI=1S/C8H13NO5/c1-3(10)9-5-7(12)6(11)4-2-13-8(5)14-4/h4-8,11-12H,2H2,1H3,(H,9,10)/t4?,5?,6-,7+,8-/m1/s1. The molecule has 5 atom stereocenters. The molecule has 2 unspecified atom stereocenters. The van der Waals surface area contributed by atoms with Gasteiger partial charge in [-0.15, -0.1) is 0 Å². The van der Waals surface area contributed by atoms with Crippen molar-refractivity contribution in [2.45, 2.75) is 37.6 Å². The molecule has 1 amide bonds. The van der Waals surface area contributed by atoms with Crippen molar-refractivity contribution in [2.75, 3.05) is 6.61 Å². The molecule has 14 heavy (non-hydrogen) atoms. The summed E-state index contributed by atoms with van der Waals surface area (Å²) >= 11 is 0. The third-order valence-corrected chi connectivity index (χ3v) is 2.50. The number of nitrogens with one attached hydrogen (secondary N) is 1. The first-order chi connectivity index (χ1) is 6.59. The van der Waals surface area contributed by atoms with Gasteiger partial charge in [0.1, 0.15) is 24.4 Å². The maximum atomic E-state index is 10.8. The molecular formula is C8H13NO5. The molecule has 2 rings (SSSR count). The molecule has 6 nitrogen and oxygen atoms in total. The van der Waals surface area contributed by atoms with E-state index in [2.05, 4.69) is 5.32 Å². The molecule has 2 saturated heterocycles. The molecule has 2 aliphatic heterocycles. The molecule has 2 fully saturated rings. The van der Waals surface area contributed by atoms with E-state index in [1.54, 1.807) is 0 Å². The minimum atomic E-state index is -1.04. The molecule has 0 aliphatic carbocycles. The Kier molecular flexibility index (Phi) is 2.44. The largest absolute Gasteiger partial charge is 0.388 e. The van der Waals surface area contributed by atoms with E-state index < -0.39 is 30.6 Å². The fourth-order valence-electron chi connectivity index (χ4n) is 1.79. The zero-order valence-corrected chi connectivity index (χ0v) is 7.71. The molecule has 0 saturated carbocycles. The van der Waals surface area contributed by atoms with Crippen LogP contribution in [0.1, 0.15) is 6.92 Å². The molecule has 2 aliphatic rings. The predicted molar refractivity (Wildman–Crippen MR) is 44.2 cm³/mol. The maximum Gasteiger partial charge on any atom is 0.217 e. The number of fused-ring (bicyclic) bond motifs is 2. The molecule has 0 spiro atoms. The minimum Gasteiger partial charge on any atom is -0.388 e. The van der Waals surface area contributed by atoms with Gasteiger partial charge >= 0.3 is 0 Å². The third kappa shape index (κ3) is 1.50. The number of hydrogen-bond acceptors (Lipinski definition) is 5. The summed E-state index contributed by atoms with van der Waals surface area (Å²) < 4.78 is 10.4. The number of carbonyl (C=O) groups is 1. The van der Waals surface area contributed by atoms with Crippen LogP contribution >= 0.6 is 0 Å². The lowest BCUT2D eigenvalue weighted by Gasteiger charge is -2.35. The normalized spacial score (nSPS) is 46.4. The Balaban J connectivity index is 2.10. The van der Waals surface area contributed by atoms with Crippen LogP contribution in [0.2, 0.25) is 0 Å². The topological polar surface area (TPSA) is 88.0 Å². The van der Waals surface area contributed by atoms with Crippen molar-refractivity contribution < 1.29 is 24.5 Å². The van der Waals surface area contributed by atoms with Gasteiger partial charge in [0.2, 0.25) is 5.91 Å². The van der Waals surface area contributed by atoms with E-state index in [-0.39, 0.29) is 12.5 Å². The fraction of sp³-hybridized carbons (Fsp3) is 0.875. The van der Waals surface area contributed by atoms with Gasteiger partial charge in [-0.25, -0.2) is 0 Å². The highest BCUT2D eigenvalue weighted by molar-refractivity contribution is 5.73. The quantitative estimate of drug-likeness (QED) is 0.457. The number of aliphatic hydroxyl groups excluding tert-OH is 2. The Morgan fingerprint density at radius 3 is 2.79 bits per heavy atom. The summed E-state index contributed by atoms with van der Waals surface area (Å²) in [7, 11) is 0. The van der Waals surface area contributed by atoms with Crippen LogP contribution in [0.3, 0.4) is 0 Å². The van der Waals surface area contributed by atoms with Crippen molar-refractivity contribution in [3.8, 4) is 0 Å². The summed E-state index contributed by atoms with van der Waals surface area (Å²) in [5.41, 5.74) is 0. The van der Waals surface area contributed by atoms with Crippen LogP contribution in [-0.4, -0.2) is 53.4 Å². The van der Waals surface area contributed by atoms with Gasteiger partial charge in [0.15, 0.2) is 6.29 Å². The average Bonchev–Trinajstić information content (AvgIpc) is 2.55. The summed E-state index contributed by atoms with van der Waals surface area (Å²) in [4.78, 5) is 10.8. The molecule has 2 heterocycles. The van der Waals surface area contributed by atoms with Gasteiger partial charge < -0.3 is 25.0 Å². The van der Waals surface area contributed by atoms with E-state index in [1.807, 2.05) is 0 Å². The second kappa shape index (κ2) is 3.47. The van der Waals surface area contributed by atoms with Crippen molar-refractivity contribution in [1.82, 2.24) is 5.32 Å². The number of hydrogen-bond donors (Lipinski definition) is 3. The minimum absolute atomic E-state index is 0.249. The highest BCUT2D eigenvalue weighted by atomic mass is 16.7. The van der Waals surface area contributed by atoms with Crippen molar-refractivity contribution >= 4 is 5.91 Å². The van der Waals surface area contributed by atoms with E-state index in [9.17, 15) is 15.0 Å². The fourth-order valence-corrected chi connectivity index (χ4v) is 1.79. The maximum absolute atomic E-state index is 10.8. The van der Waals surface area contributed by atoms with Crippen LogP contribution in [0, 0.1) is 0 Å². The average molecular weight is 203 g/mol. The lowest BCUT2D eigenvalue weighted by atomic mass is 9.99. The molecule has 80 valence electrons. The number of amides is 1. The van der Waals surface area contributed by atoms with Crippen LogP contribution in [0.4, 0.5) is 0 Å². The number of aliphatic hydroxyl groups is 2. The van der Waals surface area contributed by atoms with Gasteiger partial charge in [-0.2, -0.15) is 0 Å². The number of carbonyl (C=O) groups excluding carboxylic acids is 1. The molecule has 0 aromatic heterocycles. The zero-order valence-electron chi connectivity index (χ0n) is 7.71. The highest BCUT2D eigenvalue weighted by Gasteiger charge is 2.49. The summed E-state index contributed by atoms with van der Waals surface area (Å²) in [6.07, 6.45) is -3.18. The summed E-state index contributed by atoms with van der Waals surface area (Å²) in [5.74, 6) is -0.293. The first-order valence-corrected chi connectivity index (χ1v) is 4.50. The van der Waals surface area contributed by atoms with Crippen molar-refractivity contribution in [2.24, 2.45) is 0 Å². The van der Waals surface area contributed by atoms with Gasteiger partial charge in [0, 0.05) is 6.92 Å². The molecule has 2 bridgehead atoms. The predicted octanol–water partition coefficient (Wildman–Crippen LogP) is -2.03. The van der Waals surface area contributed by atoms with Crippen LogP contribution < -0.4 is 5.32 Å². The number of ether oxygens (including phenoxy) is 2. The van der Waals surface area contributed by atoms with Gasteiger partial charge in [0.05, 0.1) is 6.61 Å². The van der Waals surface area contributed by atoms with Crippen LogP contribution in [0.15, 0.2) is 0 Å². The molecular weight excluding hydrogens is 190 g/mol. The van der Waals surface area contributed by atoms with E-state index >= 15 is 0 Å². The van der Waals surface area contributed by atoms with Gasteiger partial charge in [-0.1, -0.05) is 0 Å². The highest BCUT2D eigenvalue weighted by Crippen LogP contribution is 2.27. The first-order valence-electron chi connectivity index (χ1n) is 4.50. The Bertz CT molecular complexity index is 246. The summed E-state index contributed by atoms with van der Waals surface area (Å²) in [6.45, 7) is 1.58. The smallest absolute Gasteiger partial charge is 0.217 e. The third-order valence-electron chi connectivity index (χ3n) is 2.50. The van der Waals surface area contributed by atoms with Crippen LogP contribution in [0.25, 0.3) is 0 Å². The molecule has 0 aromatic carbocycles. The molecule has 0 radical (unpaired) electrons. The van der Waals surface area contributed by atoms with E-state index in [0.29, 0.717) is 0 Å². The Labute approximate surface area is 80.8 Å². The molecule has 0 aromatic rings. The van der Waals surface area contributed by atoms with E-state index in [1.165, 1.54) is 6.92 Å². The lowest BCUT2D eigenvalue weighted by Crippen LogP contribution is -2.60. The zero-order chi connectivity index (χ0) is 10.3. The van der Waals surface area contributed by atoms with Crippen molar-refractivity contribution in [3.63, 3.8) is 0 Å². The summed E-state index contributed by atoms with van der Waals surface area (Å²) in [6, 6.07) is -0.693. The number of rotatable bonds is 1. The SMILES string of the molecule is CC(=O)NC1[C@@H]2OCC(O2)[C@@H](O)[C@H]1O. The van der Waals surface area contributed by atoms with E-state index in [4.69, 9.17) is 9.47 Å². The van der Waals surface area contributed by atoms with Crippen LogP contribution in [0.5, 0.6) is 0 Å². The Hall–Kier alpha value is -0.690. The molecule has 6 heteroatoms. The Morgan fingerprint density at radius 2 is 2.14 bits per heavy atom. The van der Waals surface area contributed by atoms with Crippen molar-refractivity contribution in [3.05, 3.63) is 0 Å². The van der Waals surface area contributed by atoms with Gasteiger partial charge in [-0.05, 0) is 0 Å².